The Bertz CT molecular complexity index is 1450. The van der Waals surface area contributed by atoms with Gasteiger partial charge < -0.3 is 15.1 Å². The maximum absolute atomic E-state index is 12.7. The molecule has 0 radical (unpaired) electrons. The van der Waals surface area contributed by atoms with E-state index in [9.17, 15) is 9.59 Å². The molecule has 156 valence electrons. The quantitative estimate of drug-likeness (QED) is 0.353. The van der Waals surface area contributed by atoms with Crippen molar-refractivity contribution in [3.63, 3.8) is 0 Å². The maximum Gasteiger partial charge on any atom is 0.291 e. The Balaban J connectivity index is 1.31. The average Bonchev–Trinajstić information content (AvgIpc) is 3.25. The SMILES string of the molecule is Cc1cc(NC(=O)c2ccc3ccccc3c2)ccc1NC(=O)c1cc2ccccc2o1. The third-order valence-corrected chi connectivity index (χ3v) is 5.39. The smallest absolute Gasteiger partial charge is 0.291 e. The van der Waals surface area contributed by atoms with Crippen LogP contribution in [0.3, 0.4) is 0 Å². The number of furan rings is 1. The number of fused-ring (bicyclic) bond motifs is 2. The van der Waals surface area contributed by atoms with Gasteiger partial charge in [-0.2, -0.15) is 0 Å². The number of aryl methyl sites for hydroxylation is 1. The summed E-state index contributed by atoms with van der Waals surface area (Å²) in [4.78, 5) is 25.3. The van der Waals surface area contributed by atoms with Crippen molar-refractivity contribution < 1.29 is 14.0 Å². The lowest BCUT2D eigenvalue weighted by Crippen LogP contribution is -2.14. The summed E-state index contributed by atoms with van der Waals surface area (Å²) in [5.74, 6) is -0.259. The Morgan fingerprint density at radius 2 is 1.44 bits per heavy atom. The summed E-state index contributed by atoms with van der Waals surface area (Å²) in [6.45, 7) is 1.87. The minimum absolute atomic E-state index is 0.186. The summed E-state index contributed by atoms with van der Waals surface area (Å²) in [7, 11) is 0. The van der Waals surface area contributed by atoms with E-state index < -0.39 is 0 Å². The number of benzene rings is 4. The highest BCUT2D eigenvalue weighted by molar-refractivity contribution is 6.07. The molecule has 1 heterocycles. The fraction of sp³-hybridized carbons (Fsp3) is 0.0370. The number of carbonyl (C=O) groups is 2. The van der Waals surface area contributed by atoms with E-state index in [0.717, 1.165) is 21.7 Å². The number of rotatable bonds is 4. The highest BCUT2D eigenvalue weighted by Crippen LogP contribution is 2.24. The van der Waals surface area contributed by atoms with Gasteiger partial charge in [-0.15, -0.1) is 0 Å². The summed E-state index contributed by atoms with van der Waals surface area (Å²) in [6.07, 6.45) is 0. The van der Waals surface area contributed by atoms with E-state index >= 15 is 0 Å². The Morgan fingerprint density at radius 3 is 2.22 bits per heavy atom. The number of para-hydroxylation sites is 1. The molecule has 5 aromatic rings. The van der Waals surface area contributed by atoms with Crippen LogP contribution in [0.25, 0.3) is 21.7 Å². The van der Waals surface area contributed by atoms with Crippen molar-refractivity contribution in [1.29, 1.82) is 0 Å². The molecule has 0 aliphatic heterocycles. The standard InChI is InChI=1S/C27H20N2O3/c1-17-14-22(28-26(30)21-11-10-18-6-2-3-7-19(18)15-21)12-13-23(17)29-27(31)25-16-20-8-4-5-9-24(20)32-25/h2-16H,1H3,(H,28,30)(H,29,31). The van der Waals surface area contributed by atoms with Crippen molar-refractivity contribution in [3.05, 3.63) is 108 Å². The molecule has 0 aliphatic carbocycles. The number of nitrogens with one attached hydrogen (secondary N) is 2. The van der Waals surface area contributed by atoms with Crippen LogP contribution in [0.2, 0.25) is 0 Å². The molecule has 0 unspecified atom stereocenters. The molecule has 2 amide bonds. The zero-order valence-electron chi connectivity index (χ0n) is 17.4. The molecule has 32 heavy (non-hydrogen) atoms. The molecule has 5 nitrogen and oxygen atoms in total. The van der Waals surface area contributed by atoms with Gasteiger partial charge in [0.05, 0.1) is 0 Å². The minimum Gasteiger partial charge on any atom is -0.451 e. The van der Waals surface area contributed by atoms with Gasteiger partial charge in [-0.3, -0.25) is 9.59 Å². The summed E-state index contributed by atoms with van der Waals surface area (Å²) in [5, 5.41) is 8.78. The van der Waals surface area contributed by atoms with Crippen LogP contribution in [0.5, 0.6) is 0 Å². The van der Waals surface area contributed by atoms with Gasteiger partial charge in [-0.25, -0.2) is 0 Å². The summed E-state index contributed by atoms with van der Waals surface area (Å²) < 4.78 is 5.63. The molecule has 5 heteroatoms. The molecule has 5 rings (SSSR count). The van der Waals surface area contributed by atoms with Crippen LogP contribution >= 0.6 is 0 Å². The highest BCUT2D eigenvalue weighted by Gasteiger charge is 2.14. The van der Waals surface area contributed by atoms with E-state index in [1.165, 1.54) is 0 Å². The predicted octanol–water partition coefficient (Wildman–Crippen LogP) is 6.40. The van der Waals surface area contributed by atoms with E-state index in [1.54, 1.807) is 18.2 Å². The molecular formula is C27H20N2O3. The maximum atomic E-state index is 12.7. The molecule has 4 aromatic carbocycles. The highest BCUT2D eigenvalue weighted by atomic mass is 16.3. The van der Waals surface area contributed by atoms with Crippen LogP contribution in [0.15, 0.2) is 95.4 Å². The van der Waals surface area contributed by atoms with Crippen LogP contribution in [0.1, 0.15) is 26.5 Å². The van der Waals surface area contributed by atoms with Crippen molar-refractivity contribution in [3.8, 4) is 0 Å². The van der Waals surface area contributed by atoms with E-state index in [-0.39, 0.29) is 17.6 Å². The zero-order chi connectivity index (χ0) is 22.1. The Labute approximate surface area is 184 Å². The van der Waals surface area contributed by atoms with Crippen molar-refractivity contribution >= 4 is 44.9 Å². The number of amides is 2. The average molecular weight is 420 g/mol. The monoisotopic (exact) mass is 420 g/mol. The third kappa shape index (κ3) is 3.84. The fourth-order valence-electron chi connectivity index (χ4n) is 3.69. The van der Waals surface area contributed by atoms with E-state index in [0.29, 0.717) is 22.5 Å². The molecule has 0 saturated heterocycles. The molecule has 0 saturated carbocycles. The van der Waals surface area contributed by atoms with Gasteiger partial charge >= 0.3 is 0 Å². The number of anilines is 2. The first-order chi connectivity index (χ1) is 15.6. The van der Waals surface area contributed by atoms with Gasteiger partial charge in [0, 0.05) is 22.3 Å². The third-order valence-electron chi connectivity index (χ3n) is 5.39. The van der Waals surface area contributed by atoms with Crippen LogP contribution in [0, 0.1) is 6.92 Å². The number of carbonyl (C=O) groups excluding carboxylic acids is 2. The van der Waals surface area contributed by atoms with Gasteiger partial charge in [0.1, 0.15) is 5.58 Å². The minimum atomic E-state index is -0.322. The van der Waals surface area contributed by atoms with Gasteiger partial charge in [0.2, 0.25) is 0 Å². The van der Waals surface area contributed by atoms with E-state index in [2.05, 4.69) is 10.6 Å². The lowest BCUT2D eigenvalue weighted by molar-refractivity contribution is 0.0996. The predicted molar refractivity (Wildman–Crippen MR) is 127 cm³/mol. The van der Waals surface area contributed by atoms with Crippen molar-refractivity contribution in [2.24, 2.45) is 0 Å². The van der Waals surface area contributed by atoms with Gasteiger partial charge in [0.25, 0.3) is 11.8 Å². The van der Waals surface area contributed by atoms with Gasteiger partial charge in [-0.05, 0) is 65.7 Å². The topological polar surface area (TPSA) is 71.3 Å². The number of hydrogen-bond acceptors (Lipinski definition) is 3. The van der Waals surface area contributed by atoms with E-state index in [1.807, 2.05) is 79.7 Å². The molecule has 0 atom stereocenters. The molecular weight excluding hydrogens is 400 g/mol. The normalized spacial score (nSPS) is 10.9. The van der Waals surface area contributed by atoms with Crippen LogP contribution in [-0.2, 0) is 0 Å². The fourth-order valence-corrected chi connectivity index (χ4v) is 3.69. The van der Waals surface area contributed by atoms with Crippen molar-refractivity contribution in [2.45, 2.75) is 6.92 Å². The summed E-state index contributed by atoms with van der Waals surface area (Å²) >= 11 is 0. The molecule has 1 aromatic heterocycles. The summed E-state index contributed by atoms with van der Waals surface area (Å²) in [5.41, 5.74) is 3.39. The zero-order valence-corrected chi connectivity index (χ0v) is 17.4. The van der Waals surface area contributed by atoms with Crippen LogP contribution in [-0.4, -0.2) is 11.8 Å². The second-order valence-electron chi connectivity index (χ2n) is 7.65. The lowest BCUT2D eigenvalue weighted by Gasteiger charge is -2.11. The first kappa shape index (κ1) is 19.6. The molecule has 0 bridgehead atoms. The molecule has 0 fully saturated rings. The van der Waals surface area contributed by atoms with Gasteiger partial charge in [0.15, 0.2) is 5.76 Å². The van der Waals surface area contributed by atoms with Crippen LogP contribution < -0.4 is 10.6 Å². The van der Waals surface area contributed by atoms with Crippen molar-refractivity contribution in [2.75, 3.05) is 10.6 Å². The van der Waals surface area contributed by atoms with Crippen molar-refractivity contribution in [1.82, 2.24) is 0 Å². The second kappa shape index (κ2) is 8.04. The van der Waals surface area contributed by atoms with E-state index in [4.69, 9.17) is 4.42 Å². The molecule has 0 aliphatic rings. The summed E-state index contributed by atoms with van der Waals surface area (Å²) in [6, 6.07) is 28.1. The Kier molecular flexibility index (Phi) is 4.92. The Hall–Kier alpha value is -4.38. The Morgan fingerprint density at radius 1 is 0.688 bits per heavy atom. The number of hydrogen-bond donors (Lipinski definition) is 2. The lowest BCUT2D eigenvalue weighted by atomic mass is 10.1. The second-order valence-corrected chi connectivity index (χ2v) is 7.65. The first-order valence-corrected chi connectivity index (χ1v) is 10.3. The largest absolute Gasteiger partial charge is 0.451 e. The van der Waals surface area contributed by atoms with Crippen LogP contribution in [0.4, 0.5) is 11.4 Å². The van der Waals surface area contributed by atoms with Gasteiger partial charge in [-0.1, -0.05) is 48.5 Å². The molecule has 2 N–H and O–H groups in total. The first-order valence-electron chi connectivity index (χ1n) is 10.3. The molecule has 0 spiro atoms.